The van der Waals surface area contributed by atoms with E-state index in [1.165, 1.54) is 37.7 Å². The zero-order valence-corrected chi connectivity index (χ0v) is 12.5. The van der Waals surface area contributed by atoms with Crippen molar-refractivity contribution >= 4 is 0 Å². The molecule has 1 atom stereocenters. The van der Waals surface area contributed by atoms with Crippen LogP contribution in [0.5, 0.6) is 5.75 Å². The summed E-state index contributed by atoms with van der Waals surface area (Å²) in [7, 11) is 0. The molecule has 0 N–H and O–H groups in total. The number of epoxide rings is 1. The fraction of sp³-hybridized carbons (Fsp3) is 0.556. The fourth-order valence-corrected chi connectivity index (χ4v) is 2.16. The lowest BCUT2D eigenvalue weighted by molar-refractivity contribution is 0.263. The summed E-state index contributed by atoms with van der Waals surface area (Å²) in [6.07, 6.45) is 12.3. The molecule has 1 aromatic rings. The molecule has 1 heterocycles. The molecule has 0 aromatic heterocycles. The van der Waals surface area contributed by atoms with Crippen molar-refractivity contribution in [3.05, 3.63) is 42.0 Å². The van der Waals surface area contributed by atoms with Crippen molar-refractivity contribution in [3.63, 3.8) is 0 Å². The van der Waals surface area contributed by atoms with Gasteiger partial charge in [-0.1, -0.05) is 37.6 Å². The van der Waals surface area contributed by atoms with Crippen LogP contribution in [0.1, 0.15) is 44.6 Å². The minimum Gasteiger partial charge on any atom is -0.491 e. The summed E-state index contributed by atoms with van der Waals surface area (Å²) in [6, 6.07) is 8.50. The number of allylic oxidation sites excluding steroid dienone is 2. The molecule has 0 amide bonds. The Morgan fingerprint density at radius 1 is 1.15 bits per heavy atom. The van der Waals surface area contributed by atoms with Crippen molar-refractivity contribution in [1.29, 1.82) is 0 Å². The van der Waals surface area contributed by atoms with Gasteiger partial charge in [0.2, 0.25) is 0 Å². The number of aryl methyl sites for hydroxylation is 1. The van der Waals surface area contributed by atoms with Crippen molar-refractivity contribution in [3.8, 4) is 5.75 Å². The number of hydrogen-bond acceptors (Lipinski definition) is 2. The highest BCUT2D eigenvalue weighted by Gasteiger charge is 2.22. The number of ether oxygens (including phenoxy) is 2. The average Bonchev–Trinajstić information content (AvgIpc) is 3.30. The summed E-state index contributed by atoms with van der Waals surface area (Å²) in [5.41, 5.74) is 1.41. The zero-order valence-electron chi connectivity index (χ0n) is 12.5. The molecule has 20 heavy (non-hydrogen) atoms. The molecule has 0 radical (unpaired) electrons. The summed E-state index contributed by atoms with van der Waals surface area (Å²) < 4.78 is 10.8. The summed E-state index contributed by atoms with van der Waals surface area (Å²) in [5, 5.41) is 0. The molecule has 0 spiro atoms. The Balaban J connectivity index is 1.57. The molecule has 2 rings (SSSR count). The smallest absolute Gasteiger partial charge is 0.119 e. The summed E-state index contributed by atoms with van der Waals surface area (Å²) in [6.45, 7) is 3.72. The van der Waals surface area contributed by atoms with Gasteiger partial charge in [-0.2, -0.15) is 0 Å². The van der Waals surface area contributed by atoms with Crippen molar-refractivity contribution < 1.29 is 9.47 Å². The third-order valence-corrected chi connectivity index (χ3v) is 3.50. The minimum atomic E-state index is 0.330. The van der Waals surface area contributed by atoms with E-state index in [0.29, 0.717) is 12.7 Å². The van der Waals surface area contributed by atoms with Crippen LogP contribution in [0.3, 0.4) is 0 Å². The predicted molar refractivity (Wildman–Crippen MR) is 83.3 cm³/mol. The molecule has 1 fully saturated rings. The van der Waals surface area contributed by atoms with Gasteiger partial charge in [0.05, 0.1) is 6.61 Å². The molecule has 2 heteroatoms. The van der Waals surface area contributed by atoms with Crippen LogP contribution < -0.4 is 4.74 Å². The molecule has 0 bridgehead atoms. The van der Waals surface area contributed by atoms with Crippen LogP contribution in [0, 0.1) is 0 Å². The predicted octanol–water partition coefficient (Wildman–Crippen LogP) is 4.53. The van der Waals surface area contributed by atoms with Crippen molar-refractivity contribution in [1.82, 2.24) is 0 Å². The molecule has 110 valence electrons. The van der Waals surface area contributed by atoms with Gasteiger partial charge in [0.1, 0.15) is 18.5 Å². The Morgan fingerprint density at radius 3 is 2.65 bits per heavy atom. The van der Waals surface area contributed by atoms with Crippen LogP contribution in [0.25, 0.3) is 0 Å². The van der Waals surface area contributed by atoms with E-state index in [9.17, 15) is 0 Å². The Kier molecular flexibility index (Phi) is 6.65. The molecule has 1 aliphatic heterocycles. The van der Waals surface area contributed by atoms with Gasteiger partial charge in [0.25, 0.3) is 0 Å². The van der Waals surface area contributed by atoms with Gasteiger partial charge in [-0.05, 0) is 49.8 Å². The van der Waals surface area contributed by atoms with Crippen LogP contribution in [0.15, 0.2) is 36.4 Å². The van der Waals surface area contributed by atoms with E-state index in [0.717, 1.165) is 18.8 Å². The van der Waals surface area contributed by atoms with Gasteiger partial charge in [0, 0.05) is 0 Å². The van der Waals surface area contributed by atoms with Crippen LogP contribution in [0.4, 0.5) is 0 Å². The molecular formula is C18H26O2. The van der Waals surface area contributed by atoms with Gasteiger partial charge >= 0.3 is 0 Å². The second kappa shape index (κ2) is 8.80. The molecule has 0 aliphatic carbocycles. The van der Waals surface area contributed by atoms with E-state index < -0.39 is 0 Å². The van der Waals surface area contributed by atoms with Crippen LogP contribution in [-0.4, -0.2) is 19.3 Å². The molecule has 2 nitrogen and oxygen atoms in total. The zero-order chi connectivity index (χ0) is 14.0. The molecule has 1 aromatic carbocycles. The summed E-state index contributed by atoms with van der Waals surface area (Å²) >= 11 is 0. The van der Waals surface area contributed by atoms with E-state index in [1.807, 2.05) is 0 Å². The van der Waals surface area contributed by atoms with Gasteiger partial charge in [-0.3, -0.25) is 0 Å². The number of unbranched alkanes of at least 4 members (excludes halogenated alkanes) is 3. The minimum absolute atomic E-state index is 0.330. The number of benzene rings is 1. The van der Waals surface area contributed by atoms with Crippen LogP contribution >= 0.6 is 0 Å². The highest BCUT2D eigenvalue weighted by Crippen LogP contribution is 2.17. The van der Waals surface area contributed by atoms with Gasteiger partial charge in [-0.15, -0.1) is 0 Å². The summed E-state index contributed by atoms with van der Waals surface area (Å²) in [4.78, 5) is 0. The monoisotopic (exact) mass is 274 g/mol. The Morgan fingerprint density at radius 2 is 1.95 bits per heavy atom. The quantitative estimate of drug-likeness (QED) is 0.355. The highest BCUT2D eigenvalue weighted by molar-refractivity contribution is 5.27. The van der Waals surface area contributed by atoms with Crippen molar-refractivity contribution in [2.75, 3.05) is 13.2 Å². The lowest BCUT2D eigenvalue weighted by atomic mass is 10.1. The maximum absolute atomic E-state index is 5.63. The first-order valence-corrected chi connectivity index (χ1v) is 7.87. The third-order valence-electron chi connectivity index (χ3n) is 3.50. The van der Waals surface area contributed by atoms with Gasteiger partial charge < -0.3 is 9.47 Å². The molecule has 1 saturated heterocycles. The van der Waals surface area contributed by atoms with Crippen molar-refractivity contribution in [2.45, 2.75) is 51.6 Å². The maximum atomic E-state index is 5.63. The number of hydrogen-bond donors (Lipinski definition) is 0. The molecular weight excluding hydrogens is 248 g/mol. The van der Waals surface area contributed by atoms with Crippen LogP contribution in [-0.2, 0) is 11.2 Å². The van der Waals surface area contributed by atoms with Gasteiger partial charge in [-0.25, -0.2) is 0 Å². The first kappa shape index (κ1) is 15.1. The first-order chi connectivity index (χ1) is 9.88. The largest absolute Gasteiger partial charge is 0.491 e. The standard InChI is InChI=1S/C18H26O2/c1-2-3-4-5-6-7-8-9-16-10-12-17(13-11-16)19-14-18-15-20-18/h3-4,10-13,18H,2,5-9,14-15H2,1H3/b4-3+. The first-order valence-electron chi connectivity index (χ1n) is 7.87. The Hall–Kier alpha value is -1.28. The van der Waals surface area contributed by atoms with Crippen molar-refractivity contribution in [2.24, 2.45) is 0 Å². The molecule has 1 unspecified atom stereocenters. The lowest BCUT2D eigenvalue weighted by Crippen LogP contribution is -2.03. The average molecular weight is 274 g/mol. The molecule has 0 saturated carbocycles. The second-order valence-corrected chi connectivity index (χ2v) is 5.39. The number of rotatable bonds is 10. The van der Waals surface area contributed by atoms with E-state index in [-0.39, 0.29) is 0 Å². The Bertz CT molecular complexity index is 390. The molecule has 1 aliphatic rings. The van der Waals surface area contributed by atoms with E-state index in [2.05, 4.69) is 43.3 Å². The normalized spacial score (nSPS) is 17.6. The fourth-order valence-electron chi connectivity index (χ4n) is 2.16. The van der Waals surface area contributed by atoms with Crippen LogP contribution in [0.2, 0.25) is 0 Å². The SMILES string of the molecule is CC/C=C/CCCCCc1ccc(OCC2CO2)cc1. The summed E-state index contributed by atoms with van der Waals surface area (Å²) in [5.74, 6) is 0.953. The topological polar surface area (TPSA) is 21.8 Å². The van der Waals surface area contributed by atoms with E-state index in [4.69, 9.17) is 9.47 Å². The Labute approximate surface area is 122 Å². The highest BCUT2D eigenvalue weighted by atomic mass is 16.6. The van der Waals surface area contributed by atoms with Gasteiger partial charge in [0.15, 0.2) is 0 Å². The maximum Gasteiger partial charge on any atom is 0.119 e. The lowest BCUT2D eigenvalue weighted by Gasteiger charge is -2.05. The second-order valence-electron chi connectivity index (χ2n) is 5.39. The van der Waals surface area contributed by atoms with E-state index >= 15 is 0 Å². The van der Waals surface area contributed by atoms with E-state index in [1.54, 1.807) is 0 Å². The third kappa shape index (κ3) is 6.25.